The molecule has 0 aromatic carbocycles. The lowest BCUT2D eigenvalue weighted by molar-refractivity contribution is 0.184. The van der Waals surface area contributed by atoms with Gasteiger partial charge >= 0.3 is 0 Å². The van der Waals surface area contributed by atoms with Crippen LogP contribution in [0.15, 0.2) is 12.1 Å². The van der Waals surface area contributed by atoms with Crippen molar-refractivity contribution in [2.45, 2.75) is 43.9 Å². The molecule has 2 fully saturated rings. The summed E-state index contributed by atoms with van der Waals surface area (Å²) in [5.74, 6) is 3.01. The molecule has 2 saturated carbocycles. The zero-order valence-corrected chi connectivity index (χ0v) is 14.6. The fourth-order valence-corrected chi connectivity index (χ4v) is 4.08. The first-order valence-electron chi connectivity index (χ1n) is 8.22. The summed E-state index contributed by atoms with van der Waals surface area (Å²) >= 11 is 5.33. The lowest BCUT2D eigenvalue weighted by Crippen LogP contribution is -2.43. The molecule has 0 saturated heterocycles. The molecule has 0 amide bonds. The number of ether oxygens (including phenoxy) is 1. The highest BCUT2D eigenvalue weighted by Gasteiger charge is 2.48. The normalized spacial score (nSPS) is 26.8. The topological polar surface area (TPSA) is 55.7 Å². The van der Waals surface area contributed by atoms with E-state index in [0.717, 1.165) is 24.4 Å². The number of hydrogen-bond acceptors (Lipinski definition) is 4. The Labute approximate surface area is 141 Å². The molecule has 1 N–H and O–H groups in total. The van der Waals surface area contributed by atoms with E-state index in [9.17, 15) is 0 Å². The second-order valence-corrected chi connectivity index (χ2v) is 7.49. The minimum Gasteiger partial charge on any atom is -0.481 e. The highest BCUT2D eigenvalue weighted by Crippen LogP contribution is 2.53. The summed E-state index contributed by atoms with van der Waals surface area (Å²) < 4.78 is 8.14. The summed E-state index contributed by atoms with van der Waals surface area (Å²) in [6.07, 6.45) is 4.63. The Kier molecular flexibility index (Phi) is 3.34. The molecule has 6 heteroatoms. The Morgan fingerprint density at radius 2 is 2.09 bits per heavy atom. The van der Waals surface area contributed by atoms with Crippen molar-refractivity contribution in [1.82, 2.24) is 19.7 Å². The van der Waals surface area contributed by atoms with Crippen molar-refractivity contribution in [3.05, 3.63) is 34.0 Å². The van der Waals surface area contributed by atoms with Gasteiger partial charge in [0.1, 0.15) is 5.82 Å². The molecule has 0 atom stereocenters. The number of nitrogens with one attached hydrogen (secondary N) is 1. The van der Waals surface area contributed by atoms with Gasteiger partial charge in [0, 0.05) is 24.7 Å². The highest BCUT2D eigenvalue weighted by atomic mass is 32.1. The first-order valence-corrected chi connectivity index (χ1v) is 8.62. The van der Waals surface area contributed by atoms with Crippen LogP contribution in [0.3, 0.4) is 0 Å². The van der Waals surface area contributed by atoms with E-state index < -0.39 is 0 Å². The monoisotopic (exact) mass is 330 g/mol. The van der Waals surface area contributed by atoms with E-state index in [4.69, 9.17) is 17.0 Å². The lowest BCUT2D eigenvalue weighted by Gasteiger charge is -2.46. The highest BCUT2D eigenvalue weighted by molar-refractivity contribution is 7.71. The first-order chi connectivity index (χ1) is 11.0. The summed E-state index contributed by atoms with van der Waals surface area (Å²) in [5, 5.41) is 7.49. The Morgan fingerprint density at radius 1 is 1.35 bits per heavy atom. The molecule has 122 valence electrons. The van der Waals surface area contributed by atoms with Crippen molar-refractivity contribution in [3.63, 3.8) is 0 Å². The van der Waals surface area contributed by atoms with Crippen molar-refractivity contribution in [2.75, 3.05) is 7.11 Å². The summed E-state index contributed by atoms with van der Waals surface area (Å²) in [6, 6.07) is 4.35. The second kappa shape index (κ2) is 5.16. The van der Waals surface area contributed by atoms with Gasteiger partial charge in [-0.15, -0.1) is 0 Å². The standard InChI is InChI=1S/C17H22N4OS/c1-10-8-17(9-10,15-19-20-16(23)21(15)2)12-6-13(11-4-5-11)18-14(7-12)22-3/h6-7,10-11H,4-5,8-9H2,1-3H3,(H,20,23). The molecule has 0 spiro atoms. The predicted molar refractivity (Wildman–Crippen MR) is 90.3 cm³/mol. The maximum Gasteiger partial charge on any atom is 0.213 e. The number of rotatable bonds is 4. The van der Waals surface area contributed by atoms with Gasteiger partial charge in [0.05, 0.1) is 12.5 Å². The molecule has 2 aromatic heterocycles. The Morgan fingerprint density at radius 3 is 2.61 bits per heavy atom. The second-order valence-electron chi connectivity index (χ2n) is 7.10. The van der Waals surface area contributed by atoms with E-state index in [0.29, 0.717) is 22.5 Å². The largest absolute Gasteiger partial charge is 0.481 e. The van der Waals surface area contributed by atoms with Crippen molar-refractivity contribution in [1.29, 1.82) is 0 Å². The third-order valence-electron chi connectivity index (χ3n) is 5.28. The van der Waals surface area contributed by atoms with Crippen LogP contribution >= 0.6 is 12.2 Å². The number of hydrogen-bond donors (Lipinski definition) is 1. The number of aromatic amines is 1. The molecule has 4 rings (SSSR count). The van der Waals surface area contributed by atoms with Crippen LogP contribution in [-0.2, 0) is 12.5 Å². The quantitative estimate of drug-likeness (QED) is 0.872. The van der Waals surface area contributed by atoms with Crippen molar-refractivity contribution in [2.24, 2.45) is 13.0 Å². The smallest absolute Gasteiger partial charge is 0.213 e. The molecule has 2 aliphatic rings. The third-order valence-corrected chi connectivity index (χ3v) is 5.65. The molecular formula is C17H22N4OS. The minimum absolute atomic E-state index is 0.0818. The third kappa shape index (κ3) is 2.31. The molecular weight excluding hydrogens is 308 g/mol. The van der Waals surface area contributed by atoms with Crippen LogP contribution < -0.4 is 4.74 Å². The van der Waals surface area contributed by atoms with E-state index in [-0.39, 0.29) is 5.41 Å². The Bertz CT molecular complexity index is 799. The van der Waals surface area contributed by atoms with E-state index >= 15 is 0 Å². The number of methoxy groups -OCH3 is 1. The van der Waals surface area contributed by atoms with Gasteiger partial charge in [-0.1, -0.05) is 6.92 Å². The molecule has 2 aromatic rings. The molecule has 0 radical (unpaired) electrons. The van der Waals surface area contributed by atoms with E-state index in [1.54, 1.807) is 7.11 Å². The Hall–Kier alpha value is -1.69. The fraction of sp³-hybridized carbons (Fsp3) is 0.588. The molecule has 2 aliphatic carbocycles. The van der Waals surface area contributed by atoms with Gasteiger partial charge in [-0.2, -0.15) is 5.10 Å². The zero-order chi connectivity index (χ0) is 16.2. The van der Waals surface area contributed by atoms with Gasteiger partial charge in [-0.3, -0.25) is 5.10 Å². The number of pyridine rings is 1. The lowest BCUT2D eigenvalue weighted by atomic mass is 9.58. The minimum atomic E-state index is -0.0818. The van der Waals surface area contributed by atoms with E-state index in [2.05, 4.69) is 34.2 Å². The van der Waals surface area contributed by atoms with Crippen molar-refractivity contribution >= 4 is 12.2 Å². The average molecular weight is 330 g/mol. The Balaban J connectivity index is 1.86. The van der Waals surface area contributed by atoms with Crippen LogP contribution in [0.25, 0.3) is 0 Å². The summed E-state index contributed by atoms with van der Waals surface area (Å²) in [6.45, 7) is 2.29. The van der Waals surface area contributed by atoms with Crippen molar-refractivity contribution < 1.29 is 4.74 Å². The van der Waals surface area contributed by atoms with Crippen LogP contribution in [-0.4, -0.2) is 26.9 Å². The zero-order valence-electron chi connectivity index (χ0n) is 13.8. The van der Waals surface area contributed by atoms with Gasteiger partial charge < -0.3 is 9.30 Å². The molecule has 23 heavy (non-hydrogen) atoms. The SMILES string of the molecule is COc1cc(C2(c3n[nH]c(=S)n3C)CC(C)C2)cc(C2CC2)n1. The van der Waals surface area contributed by atoms with Gasteiger partial charge in [-0.05, 0) is 55.4 Å². The molecule has 0 bridgehead atoms. The fourth-order valence-electron chi connectivity index (χ4n) is 3.95. The predicted octanol–water partition coefficient (Wildman–Crippen LogP) is 3.47. The molecule has 0 aliphatic heterocycles. The van der Waals surface area contributed by atoms with Crippen LogP contribution in [0.2, 0.25) is 0 Å². The van der Waals surface area contributed by atoms with E-state index in [1.165, 1.54) is 18.4 Å². The maximum atomic E-state index is 5.47. The van der Waals surface area contributed by atoms with Crippen LogP contribution in [0.1, 0.15) is 55.6 Å². The van der Waals surface area contributed by atoms with Crippen LogP contribution in [0.5, 0.6) is 5.88 Å². The van der Waals surface area contributed by atoms with Gasteiger partial charge in [-0.25, -0.2) is 4.98 Å². The first kappa shape index (κ1) is 14.9. The summed E-state index contributed by atoms with van der Waals surface area (Å²) in [5.41, 5.74) is 2.35. The van der Waals surface area contributed by atoms with Crippen molar-refractivity contribution in [3.8, 4) is 5.88 Å². The molecule has 0 unspecified atom stereocenters. The van der Waals surface area contributed by atoms with Gasteiger partial charge in [0.25, 0.3) is 0 Å². The number of nitrogens with zero attached hydrogens (tertiary/aromatic N) is 3. The van der Waals surface area contributed by atoms with E-state index in [1.807, 2.05) is 11.6 Å². The summed E-state index contributed by atoms with van der Waals surface area (Å²) in [7, 11) is 3.68. The average Bonchev–Trinajstić information content (AvgIpc) is 3.31. The van der Waals surface area contributed by atoms with Gasteiger partial charge in [0.15, 0.2) is 4.77 Å². The maximum absolute atomic E-state index is 5.47. The van der Waals surface area contributed by atoms with Crippen LogP contribution in [0, 0.1) is 10.7 Å². The number of aromatic nitrogens is 4. The number of H-pyrrole nitrogens is 1. The molecule has 2 heterocycles. The molecule has 5 nitrogen and oxygen atoms in total. The summed E-state index contributed by atoms with van der Waals surface area (Å²) in [4.78, 5) is 4.65. The van der Waals surface area contributed by atoms with Gasteiger partial charge in [0.2, 0.25) is 5.88 Å². The van der Waals surface area contributed by atoms with Crippen LogP contribution in [0.4, 0.5) is 0 Å².